The molecule has 130 valence electrons. The van der Waals surface area contributed by atoms with Gasteiger partial charge in [0.1, 0.15) is 11.5 Å². The summed E-state index contributed by atoms with van der Waals surface area (Å²) in [6.07, 6.45) is 2.99. The van der Waals surface area contributed by atoms with E-state index in [-0.39, 0.29) is 23.8 Å². The minimum atomic E-state index is -3.79. The highest BCUT2D eigenvalue weighted by Crippen LogP contribution is 2.22. The molecule has 0 aliphatic rings. The number of hydrogen-bond donors (Lipinski definition) is 0. The van der Waals surface area contributed by atoms with E-state index in [1.165, 1.54) is 48.0 Å². The van der Waals surface area contributed by atoms with Gasteiger partial charge in [-0.3, -0.25) is 4.79 Å². The van der Waals surface area contributed by atoms with Crippen LogP contribution in [-0.2, 0) is 23.1 Å². The first kappa shape index (κ1) is 17.2. The van der Waals surface area contributed by atoms with Gasteiger partial charge >= 0.3 is 0 Å². The van der Waals surface area contributed by atoms with E-state index in [2.05, 4.69) is 0 Å². The number of ketones is 1. The number of Topliss-reactive ketones (excluding diaryl/α,β-unsaturated/α-hetero) is 1. The molecule has 0 fully saturated rings. The first-order chi connectivity index (χ1) is 12.0. The number of furan rings is 2. The largest absolute Gasteiger partial charge is 0.468 e. The molecular formula is C18H17NO5S. The molecule has 7 heteroatoms. The fourth-order valence-electron chi connectivity index (χ4n) is 2.39. The number of nitrogens with zero attached hydrogens (tertiary/aromatic N) is 1. The van der Waals surface area contributed by atoms with E-state index in [0.29, 0.717) is 17.1 Å². The van der Waals surface area contributed by atoms with Gasteiger partial charge in [0.05, 0.1) is 30.5 Å². The summed E-state index contributed by atoms with van der Waals surface area (Å²) in [6.45, 7) is 1.58. The molecule has 0 amide bonds. The van der Waals surface area contributed by atoms with Gasteiger partial charge in [0.25, 0.3) is 0 Å². The molecule has 6 nitrogen and oxygen atoms in total. The highest BCUT2D eigenvalue weighted by molar-refractivity contribution is 7.89. The summed E-state index contributed by atoms with van der Waals surface area (Å²) >= 11 is 0. The zero-order chi connectivity index (χ0) is 17.9. The molecule has 0 bridgehead atoms. The van der Waals surface area contributed by atoms with Crippen LogP contribution in [0.25, 0.3) is 0 Å². The van der Waals surface area contributed by atoms with Crippen molar-refractivity contribution in [3.63, 3.8) is 0 Å². The number of carbonyl (C=O) groups is 1. The van der Waals surface area contributed by atoms with Crippen LogP contribution in [0, 0.1) is 0 Å². The maximum Gasteiger partial charge on any atom is 0.243 e. The normalized spacial score (nSPS) is 11.8. The molecule has 0 aliphatic carbocycles. The number of hydrogen-bond acceptors (Lipinski definition) is 5. The lowest BCUT2D eigenvalue weighted by molar-refractivity contribution is 0.101. The van der Waals surface area contributed by atoms with E-state index in [1.54, 1.807) is 24.3 Å². The van der Waals surface area contributed by atoms with Crippen molar-refractivity contribution in [2.24, 2.45) is 0 Å². The van der Waals surface area contributed by atoms with Crippen LogP contribution in [0.15, 0.2) is 74.8 Å². The maximum absolute atomic E-state index is 13.0. The molecule has 0 atom stereocenters. The molecule has 25 heavy (non-hydrogen) atoms. The molecule has 0 radical (unpaired) electrons. The average Bonchev–Trinajstić information content (AvgIpc) is 3.28. The molecule has 3 aromatic rings. The van der Waals surface area contributed by atoms with Gasteiger partial charge in [-0.25, -0.2) is 8.42 Å². The monoisotopic (exact) mass is 359 g/mol. The second kappa shape index (κ2) is 7.08. The smallest absolute Gasteiger partial charge is 0.243 e. The van der Waals surface area contributed by atoms with Crippen LogP contribution in [0.1, 0.15) is 28.8 Å². The van der Waals surface area contributed by atoms with Gasteiger partial charge in [-0.2, -0.15) is 4.31 Å². The third-order valence-electron chi connectivity index (χ3n) is 3.72. The Labute approximate surface area is 145 Å². The predicted octanol–water partition coefficient (Wildman–Crippen LogP) is 3.47. The van der Waals surface area contributed by atoms with Gasteiger partial charge in [0.2, 0.25) is 10.0 Å². The van der Waals surface area contributed by atoms with Gasteiger partial charge in [-0.15, -0.1) is 0 Å². The van der Waals surface area contributed by atoms with E-state index in [4.69, 9.17) is 8.83 Å². The SMILES string of the molecule is CC(=O)c1ccc(S(=O)(=O)N(Cc2ccco2)Cc2ccco2)cc1. The summed E-state index contributed by atoms with van der Waals surface area (Å²) in [4.78, 5) is 11.5. The minimum Gasteiger partial charge on any atom is -0.468 e. The zero-order valence-electron chi connectivity index (χ0n) is 13.6. The summed E-state index contributed by atoms with van der Waals surface area (Å²) in [5.41, 5.74) is 0.461. The van der Waals surface area contributed by atoms with Crippen LogP contribution in [-0.4, -0.2) is 18.5 Å². The van der Waals surface area contributed by atoms with E-state index in [9.17, 15) is 13.2 Å². The fraction of sp³-hybridized carbons (Fsp3) is 0.167. The Kier molecular flexibility index (Phi) is 4.87. The predicted molar refractivity (Wildman–Crippen MR) is 90.3 cm³/mol. The molecule has 1 aromatic carbocycles. The molecule has 3 rings (SSSR count). The van der Waals surface area contributed by atoms with Gasteiger partial charge in [-0.1, -0.05) is 12.1 Å². The molecule has 0 saturated heterocycles. The molecule has 2 heterocycles. The van der Waals surface area contributed by atoms with Crippen LogP contribution >= 0.6 is 0 Å². The number of rotatable bonds is 7. The summed E-state index contributed by atoms with van der Waals surface area (Å²) in [5.74, 6) is 0.929. The number of benzene rings is 1. The first-order valence-electron chi connectivity index (χ1n) is 7.63. The molecule has 0 unspecified atom stereocenters. The van der Waals surface area contributed by atoms with Crippen molar-refractivity contribution in [1.82, 2.24) is 4.31 Å². The van der Waals surface area contributed by atoms with E-state index in [1.807, 2.05) is 0 Å². The van der Waals surface area contributed by atoms with Crippen LogP contribution in [0.3, 0.4) is 0 Å². The van der Waals surface area contributed by atoms with Crippen molar-refractivity contribution in [2.45, 2.75) is 24.9 Å². The lowest BCUT2D eigenvalue weighted by atomic mass is 10.2. The summed E-state index contributed by atoms with van der Waals surface area (Å²) in [6, 6.07) is 12.7. The third kappa shape index (κ3) is 3.89. The highest BCUT2D eigenvalue weighted by Gasteiger charge is 2.26. The third-order valence-corrected chi connectivity index (χ3v) is 5.53. The van der Waals surface area contributed by atoms with Crippen molar-refractivity contribution < 1.29 is 22.0 Å². The minimum absolute atomic E-state index is 0.0739. The summed E-state index contributed by atoms with van der Waals surface area (Å²) < 4.78 is 37.9. The van der Waals surface area contributed by atoms with Crippen LogP contribution in [0.2, 0.25) is 0 Å². The quantitative estimate of drug-likeness (QED) is 0.604. The molecule has 0 spiro atoms. The lowest BCUT2D eigenvalue weighted by Gasteiger charge is -2.20. The second-order valence-electron chi connectivity index (χ2n) is 5.51. The Morgan fingerprint density at radius 2 is 1.44 bits per heavy atom. The van der Waals surface area contributed by atoms with E-state index in [0.717, 1.165) is 0 Å². The van der Waals surface area contributed by atoms with Gasteiger partial charge in [0.15, 0.2) is 5.78 Å². The summed E-state index contributed by atoms with van der Waals surface area (Å²) in [5, 5.41) is 0. The fourth-order valence-corrected chi connectivity index (χ4v) is 3.76. The Balaban J connectivity index is 1.93. The van der Waals surface area contributed by atoms with Crippen LogP contribution < -0.4 is 0 Å². The van der Waals surface area contributed by atoms with Gasteiger partial charge in [0, 0.05) is 5.56 Å². The molecule has 2 aromatic heterocycles. The van der Waals surface area contributed by atoms with Crippen molar-refractivity contribution in [3.8, 4) is 0 Å². The Bertz CT molecular complexity index is 890. The highest BCUT2D eigenvalue weighted by atomic mass is 32.2. The molecule has 0 saturated carbocycles. The molecule has 0 aliphatic heterocycles. The molecule has 0 N–H and O–H groups in total. The average molecular weight is 359 g/mol. The maximum atomic E-state index is 13.0. The topological polar surface area (TPSA) is 80.7 Å². The van der Waals surface area contributed by atoms with Crippen molar-refractivity contribution in [1.29, 1.82) is 0 Å². The van der Waals surface area contributed by atoms with Gasteiger partial charge in [-0.05, 0) is 43.3 Å². The lowest BCUT2D eigenvalue weighted by Crippen LogP contribution is -2.30. The van der Waals surface area contributed by atoms with Crippen molar-refractivity contribution in [3.05, 3.63) is 78.1 Å². The van der Waals surface area contributed by atoms with E-state index >= 15 is 0 Å². The standard InChI is InChI=1S/C18H17NO5S/c1-14(20)15-6-8-18(9-7-15)25(21,22)19(12-16-4-2-10-23-16)13-17-5-3-11-24-17/h2-11H,12-13H2,1H3. The summed E-state index contributed by atoms with van der Waals surface area (Å²) in [7, 11) is -3.79. The molecular weight excluding hydrogens is 342 g/mol. The number of sulfonamides is 1. The Morgan fingerprint density at radius 1 is 0.920 bits per heavy atom. The first-order valence-corrected chi connectivity index (χ1v) is 9.07. The second-order valence-corrected chi connectivity index (χ2v) is 7.45. The Morgan fingerprint density at radius 3 is 1.84 bits per heavy atom. The number of carbonyl (C=O) groups excluding carboxylic acids is 1. The zero-order valence-corrected chi connectivity index (χ0v) is 14.4. The Hall–Kier alpha value is -2.64. The van der Waals surface area contributed by atoms with Gasteiger partial charge < -0.3 is 8.83 Å². The van der Waals surface area contributed by atoms with E-state index < -0.39 is 10.0 Å². The van der Waals surface area contributed by atoms with Crippen LogP contribution in [0.4, 0.5) is 0 Å². The van der Waals surface area contributed by atoms with Crippen molar-refractivity contribution >= 4 is 15.8 Å². The van der Waals surface area contributed by atoms with Crippen molar-refractivity contribution in [2.75, 3.05) is 0 Å². The van der Waals surface area contributed by atoms with Crippen LogP contribution in [0.5, 0.6) is 0 Å².